The molecule has 4 heterocycles. The number of nitrogens with zero attached hydrogens (tertiary/aromatic N) is 3. The molecule has 5 rings (SSSR count). The summed E-state index contributed by atoms with van der Waals surface area (Å²) in [6.07, 6.45) is 7.63. The quantitative estimate of drug-likeness (QED) is 0.602. The number of hydrogen-bond donors (Lipinski definition) is 1. The Labute approximate surface area is 224 Å². The lowest BCUT2D eigenvalue weighted by molar-refractivity contribution is -0.154. The average Bonchev–Trinajstić information content (AvgIpc) is 3.19. The van der Waals surface area contributed by atoms with Crippen molar-refractivity contribution in [2.75, 3.05) is 24.6 Å². The molecule has 4 aliphatic heterocycles. The molecule has 0 aliphatic carbocycles. The van der Waals surface area contributed by atoms with E-state index in [1.807, 2.05) is 89.3 Å². The Morgan fingerprint density at radius 1 is 1.05 bits per heavy atom. The van der Waals surface area contributed by atoms with Crippen LogP contribution in [0.4, 0.5) is 5.69 Å². The number of rotatable bonds is 5. The third-order valence-electron chi connectivity index (χ3n) is 8.82. The first-order valence-electron chi connectivity index (χ1n) is 13.7. The van der Waals surface area contributed by atoms with Crippen LogP contribution in [0.3, 0.4) is 0 Å². The summed E-state index contributed by atoms with van der Waals surface area (Å²) in [4.78, 5) is 48.0. The number of ether oxygens (including phenoxy) is 1. The SMILES string of the molecule is CC[C@H](C)[C@H](CO)N1C(=O)[C@@H]2[C@@H]3C(=O)N(c4ccccc4)CC=C[C@@H]3O[C@@]23C=CCN(C(C)(C)C)C(=O)C13. The smallest absolute Gasteiger partial charge is 0.249 e. The van der Waals surface area contributed by atoms with E-state index in [0.29, 0.717) is 13.1 Å². The maximum Gasteiger partial charge on any atom is 0.249 e. The summed E-state index contributed by atoms with van der Waals surface area (Å²) in [7, 11) is 0. The van der Waals surface area contributed by atoms with Crippen LogP contribution in [0.1, 0.15) is 41.0 Å². The van der Waals surface area contributed by atoms with Gasteiger partial charge in [-0.3, -0.25) is 14.4 Å². The second-order valence-electron chi connectivity index (χ2n) is 12.0. The van der Waals surface area contributed by atoms with Crippen molar-refractivity contribution in [1.29, 1.82) is 0 Å². The van der Waals surface area contributed by atoms with Gasteiger partial charge in [0.25, 0.3) is 0 Å². The summed E-state index contributed by atoms with van der Waals surface area (Å²) in [5.41, 5.74) is -1.04. The number of likely N-dealkylation sites (tertiary alicyclic amines) is 1. The van der Waals surface area contributed by atoms with Crippen molar-refractivity contribution in [3.63, 3.8) is 0 Å². The highest BCUT2D eigenvalue weighted by Gasteiger charge is 2.73. The highest BCUT2D eigenvalue weighted by atomic mass is 16.5. The number of anilines is 1. The van der Waals surface area contributed by atoms with Crippen LogP contribution in [-0.4, -0.2) is 81.7 Å². The van der Waals surface area contributed by atoms with Gasteiger partial charge in [-0.15, -0.1) is 0 Å². The largest absolute Gasteiger partial charge is 0.394 e. The van der Waals surface area contributed by atoms with E-state index < -0.39 is 41.2 Å². The van der Waals surface area contributed by atoms with E-state index in [9.17, 15) is 19.5 Å². The lowest BCUT2D eigenvalue weighted by Crippen LogP contribution is -2.61. The molecule has 4 aliphatic rings. The van der Waals surface area contributed by atoms with E-state index in [2.05, 4.69) is 0 Å². The molecule has 8 heteroatoms. The van der Waals surface area contributed by atoms with Gasteiger partial charge in [0.2, 0.25) is 17.7 Å². The molecule has 1 spiro atoms. The standard InChI is InChI=1S/C30H39N3O5/c1-6-19(2)21(18-34)33-25-28(37)32(29(3,4)5)17-11-15-30(25)24(27(33)36)23-22(38-30)14-10-16-31(26(23)35)20-12-8-7-9-13-20/h7-15,19,21-25,34H,6,16-18H2,1-5H3/t19-,21-,22-,23+,24-,25?,30-/m0/s1. The predicted molar refractivity (Wildman–Crippen MR) is 144 cm³/mol. The Morgan fingerprint density at radius 3 is 2.39 bits per heavy atom. The van der Waals surface area contributed by atoms with E-state index in [-0.39, 0.29) is 30.2 Å². The first-order chi connectivity index (χ1) is 18.1. The van der Waals surface area contributed by atoms with Crippen LogP contribution in [-0.2, 0) is 19.1 Å². The number of hydrogen-bond acceptors (Lipinski definition) is 5. The molecule has 204 valence electrons. The predicted octanol–water partition coefficient (Wildman–Crippen LogP) is 2.77. The molecule has 1 unspecified atom stereocenters. The van der Waals surface area contributed by atoms with Crippen LogP contribution >= 0.6 is 0 Å². The third kappa shape index (κ3) is 3.92. The van der Waals surface area contributed by atoms with Crippen LogP contribution in [0.2, 0.25) is 0 Å². The van der Waals surface area contributed by atoms with Crippen molar-refractivity contribution >= 4 is 23.4 Å². The summed E-state index contributed by atoms with van der Waals surface area (Å²) < 4.78 is 6.72. The van der Waals surface area contributed by atoms with Crippen LogP contribution < -0.4 is 4.90 Å². The van der Waals surface area contributed by atoms with E-state index in [1.165, 1.54) is 0 Å². The summed E-state index contributed by atoms with van der Waals surface area (Å²) in [5.74, 6) is -2.42. The van der Waals surface area contributed by atoms with E-state index in [0.717, 1.165) is 12.1 Å². The van der Waals surface area contributed by atoms with Gasteiger partial charge >= 0.3 is 0 Å². The molecule has 2 saturated heterocycles. The third-order valence-corrected chi connectivity index (χ3v) is 8.82. The fourth-order valence-corrected chi connectivity index (χ4v) is 6.69. The van der Waals surface area contributed by atoms with Gasteiger partial charge in [0.05, 0.1) is 30.6 Å². The van der Waals surface area contributed by atoms with Gasteiger partial charge < -0.3 is 24.5 Å². The minimum absolute atomic E-state index is 0.0516. The molecule has 2 fully saturated rings. The molecule has 1 aromatic rings. The number of amides is 3. The lowest BCUT2D eigenvalue weighted by Gasteiger charge is -2.43. The van der Waals surface area contributed by atoms with Gasteiger partial charge in [0.15, 0.2) is 0 Å². The number of fused-ring (bicyclic) bond motifs is 2. The summed E-state index contributed by atoms with van der Waals surface area (Å²) >= 11 is 0. The Kier molecular flexibility index (Phi) is 6.76. The second-order valence-corrected chi connectivity index (χ2v) is 12.0. The monoisotopic (exact) mass is 521 g/mol. The topological polar surface area (TPSA) is 90.4 Å². The minimum Gasteiger partial charge on any atom is -0.394 e. The molecule has 0 saturated carbocycles. The Morgan fingerprint density at radius 2 is 1.76 bits per heavy atom. The van der Waals surface area contributed by atoms with Gasteiger partial charge in [-0.2, -0.15) is 0 Å². The number of para-hydroxylation sites is 1. The number of carbonyl (C=O) groups is 3. The molecule has 1 N–H and O–H groups in total. The van der Waals surface area contributed by atoms with Gasteiger partial charge in [0.1, 0.15) is 11.6 Å². The number of aliphatic hydroxyl groups is 1. The molecule has 0 bridgehead atoms. The van der Waals surface area contributed by atoms with Crippen molar-refractivity contribution in [3.05, 3.63) is 54.6 Å². The van der Waals surface area contributed by atoms with Crippen molar-refractivity contribution in [2.45, 2.75) is 70.4 Å². The maximum atomic E-state index is 14.5. The van der Waals surface area contributed by atoms with Gasteiger partial charge in [-0.05, 0) is 38.8 Å². The van der Waals surface area contributed by atoms with Crippen LogP contribution in [0.25, 0.3) is 0 Å². The molecule has 38 heavy (non-hydrogen) atoms. The van der Waals surface area contributed by atoms with Gasteiger partial charge in [-0.1, -0.05) is 62.8 Å². The fraction of sp³-hybridized carbons (Fsp3) is 0.567. The number of carbonyl (C=O) groups excluding carboxylic acids is 3. The Bertz CT molecular complexity index is 1160. The Balaban J connectivity index is 1.65. The van der Waals surface area contributed by atoms with Crippen LogP contribution in [0.5, 0.6) is 0 Å². The van der Waals surface area contributed by atoms with Crippen LogP contribution in [0, 0.1) is 17.8 Å². The average molecular weight is 522 g/mol. The fourth-order valence-electron chi connectivity index (χ4n) is 6.69. The van der Waals surface area contributed by atoms with E-state index in [4.69, 9.17) is 4.74 Å². The van der Waals surface area contributed by atoms with Crippen molar-refractivity contribution in [2.24, 2.45) is 17.8 Å². The first-order valence-corrected chi connectivity index (χ1v) is 13.7. The van der Waals surface area contributed by atoms with Gasteiger partial charge in [0, 0.05) is 24.3 Å². The second kappa shape index (κ2) is 9.65. The molecular weight excluding hydrogens is 482 g/mol. The van der Waals surface area contributed by atoms with Crippen molar-refractivity contribution in [1.82, 2.24) is 9.80 Å². The normalized spacial score (nSPS) is 32.6. The van der Waals surface area contributed by atoms with Crippen molar-refractivity contribution < 1.29 is 24.2 Å². The zero-order valence-electron chi connectivity index (χ0n) is 22.9. The maximum absolute atomic E-state index is 14.5. The molecule has 0 radical (unpaired) electrons. The van der Waals surface area contributed by atoms with Crippen LogP contribution in [0.15, 0.2) is 54.6 Å². The van der Waals surface area contributed by atoms with Crippen molar-refractivity contribution in [3.8, 4) is 0 Å². The van der Waals surface area contributed by atoms with E-state index in [1.54, 1.807) is 14.7 Å². The molecule has 8 nitrogen and oxygen atoms in total. The minimum atomic E-state index is -1.30. The first kappa shape index (κ1) is 26.6. The zero-order chi connectivity index (χ0) is 27.4. The van der Waals surface area contributed by atoms with E-state index >= 15 is 0 Å². The Hall–Kier alpha value is -2.97. The highest BCUT2D eigenvalue weighted by molar-refractivity contribution is 6.04. The molecule has 7 atom stereocenters. The highest BCUT2D eigenvalue weighted by Crippen LogP contribution is 2.54. The summed E-state index contributed by atoms with van der Waals surface area (Å²) in [5, 5.41) is 10.5. The number of aliphatic hydroxyl groups excluding tert-OH is 1. The molecular formula is C30H39N3O5. The molecule has 1 aromatic carbocycles. The number of benzene rings is 1. The molecule has 0 aromatic heterocycles. The summed E-state index contributed by atoms with van der Waals surface area (Å²) in [6, 6.07) is 7.88. The zero-order valence-corrected chi connectivity index (χ0v) is 22.9. The van der Waals surface area contributed by atoms with Gasteiger partial charge in [-0.25, -0.2) is 0 Å². The molecule has 3 amide bonds. The summed E-state index contributed by atoms with van der Waals surface area (Å²) in [6.45, 7) is 10.4. The lowest BCUT2D eigenvalue weighted by atomic mass is 9.77.